The molecule has 0 aliphatic carbocycles. The lowest BCUT2D eigenvalue weighted by Gasteiger charge is -2.14. The molecule has 1 atom stereocenters. The molecule has 1 amide bonds. The smallest absolute Gasteiger partial charge is 0.344 e. The third kappa shape index (κ3) is 5.42. The van der Waals surface area contributed by atoms with Crippen molar-refractivity contribution in [2.45, 2.75) is 13.0 Å². The van der Waals surface area contributed by atoms with Crippen LogP contribution in [0.2, 0.25) is 5.15 Å². The number of ether oxygens (including phenoxy) is 2. The van der Waals surface area contributed by atoms with Crippen LogP contribution in [0.1, 0.15) is 6.92 Å². The lowest BCUT2D eigenvalue weighted by Crippen LogP contribution is -2.31. The number of rotatable bonds is 7. The number of esters is 1. The van der Waals surface area contributed by atoms with E-state index in [4.69, 9.17) is 21.1 Å². The van der Waals surface area contributed by atoms with Gasteiger partial charge in [-0.3, -0.25) is 14.9 Å². The van der Waals surface area contributed by atoms with Crippen LogP contribution in [0.3, 0.4) is 0 Å². The number of carbonyl (C=O) groups excluding carboxylic acids is 2. The highest BCUT2D eigenvalue weighted by Crippen LogP contribution is 2.18. The molecule has 0 radical (unpaired) electrons. The summed E-state index contributed by atoms with van der Waals surface area (Å²) in [6, 6.07) is 8.34. The predicted octanol–water partition coefficient (Wildman–Crippen LogP) is 2.59. The highest BCUT2D eigenvalue weighted by molar-refractivity contribution is 6.32. The van der Waals surface area contributed by atoms with Gasteiger partial charge in [0, 0.05) is 18.3 Å². The summed E-state index contributed by atoms with van der Waals surface area (Å²) < 4.78 is 10.1. The van der Waals surface area contributed by atoms with Crippen LogP contribution in [-0.4, -0.2) is 34.5 Å². The van der Waals surface area contributed by atoms with E-state index in [1.807, 2.05) is 0 Å². The minimum absolute atomic E-state index is 0.0979. The van der Waals surface area contributed by atoms with Gasteiger partial charge in [0.05, 0.1) is 10.6 Å². The zero-order valence-electron chi connectivity index (χ0n) is 13.5. The Morgan fingerprint density at radius 2 is 2.00 bits per heavy atom. The summed E-state index contributed by atoms with van der Waals surface area (Å²) in [5, 5.41) is 13.2. The Labute approximate surface area is 153 Å². The maximum Gasteiger partial charge on any atom is 0.344 e. The van der Waals surface area contributed by atoms with Gasteiger partial charge in [0.2, 0.25) is 0 Å². The summed E-state index contributed by atoms with van der Waals surface area (Å²) in [7, 11) is 0. The standard InChI is InChI=1S/C16H14ClN3O6/c1-10(16(22)19-13-3-2-8-18-15(13)17)26-14(21)9-25-12-6-4-11(5-7-12)20(23)24/h2-8,10H,9H2,1H3,(H,19,22)/t10-/m0/s1. The summed E-state index contributed by atoms with van der Waals surface area (Å²) in [5.74, 6) is -1.10. The number of non-ortho nitro benzene ring substituents is 1. The average Bonchev–Trinajstić information content (AvgIpc) is 2.62. The third-order valence-electron chi connectivity index (χ3n) is 3.10. The van der Waals surface area contributed by atoms with Crippen molar-refractivity contribution >= 4 is 34.9 Å². The van der Waals surface area contributed by atoms with Crippen molar-refractivity contribution < 1.29 is 24.0 Å². The van der Waals surface area contributed by atoms with Crippen LogP contribution in [0.25, 0.3) is 0 Å². The van der Waals surface area contributed by atoms with E-state index in [1.165, 1.54) is 37.4 Å². The lowest BCUT2D eigenvalue weighted by molar-refractivity contribution is -0.384. The minimum Gasteiger partial charge on any atom is -0.482 e. The lowest BCUT2D eigenvalue weighted by atomic mass is 10.3. The quantitative estimate of drug-likeness (QED) is 0.339. The third-order valence-corrected chi connectivity index (χ3v) is 3.40. The van der Waals surface area contributed by atoms with Crippen LogP contribution in [0, 0.1) is 10.1 Å². The zero-order valence-corrected chi connectivity index (χ0v) is 14.3. The molecule has 1 aromatic heterocycles. The molecule has 10 heteroatoms. The van der Waals surface area contributed by atoms with E-state index in [9.17, 15) is 19.7 Å². The minimum atomic E-state index is -1.08. The molecule has 1 N–H and O–H groups in total. The number of pyridine rings is 1. The normalized spacial score (nSPS) is 11.3. The molecule has 0 unspecified atom stereocenters. The number of nitro groups is 1. The van der Waals surface area contributed by atoms with Crippen LogP contribution in [-0.2, 0) is 14.3 Å². The van der Waals surface area contributed by atoms with Crippen LogP contribution < -0.4 is 10.1 Å². The van der Waals surface area contributed by atoms with E-state index in [1.54, 1.807) is 12.1 Å². The fraction of sp³-hybridized carbons (Fsp3) is 0.188. The van der Waals surface area contributed by atoms with Crippen molar-refractivity contribution in [1.82, 2.24) is 4.98 Å². The summed E-state index contributed by atoms with van der Waals surface area (Å²) >= 11 is 5.83. The van der Waals surface area contributed by atoms with Crippen molar-refractivity contribution in [3.63, 3.8) is 0 Å². The molecule has 1 heterocycles. The Morgan fingerprint density at radius 1 is 1.31 bits per heavy atom. The van der Waals surface area contributed by atoms with Crippen molar-refractivity contribution in [3.8, 4) is 5.75 Å². The van der Waals surface area contributed by atoms with Crippen LogP contribution in [0.15, 0.2) is 42.6 Å². The molecule has 0 spiro atoms. The number of halogens is 1. The fourth-order valence-electron chi connectivity index (χ4n) is 1.80. The number of aromatic nitrogens is 1. The number of hydrogen-bond acceptors (Lipinski definition) is 7. The van der Waals surface area contributed by atoms with Crippen molar-refractivity contribution in [2.24, 2.45) is 0 Å². The molecule has 136 valence electrons. The van der Waals surface area contributed by atoms with Gasteiger partial charge in [-0.1, -0.05) is 11.6 Å². The highest BCUT2D eigenvalue weighted by Gasteiger charge is 2.19. The number of anilines is 1. The van der Waals surface area contributed by atoms with Gasteiger partial charge in [0.1, 0.15) is 5.75 Å². The first-order chi connectivity index (χ1) is 12.4. The van der Waals surface area contributed by atoms with Gasteiger partial charge < -0.3 is 14.8 Å². The second-order valence-electron chi connectivity index (χ2n) is 5.00. The number of nitrogens with one attached hydrogen (secondary N) is 1. The summed E-state index contributed by atoms with van der Waals surface area (Å²) in [5.41, 5.74) is 0.198. The van der Waals surface area contributed by atoms with Gasteiger partial charge in [0.25, 0.3) is 11.6 Å². The molecule has 2 rings (SSSR count). The topological polar surface area (TPSA) is 121 Å². The second-order valence-corrected chi connectivity index (χ2v) is 5.36. The molecule has 0 fully saturated rings. The van der Waals surface area contributed by atoms with Crippen LogP contribution in [0.5, 0.6) is 5.75 Å². The molecule has 2 aromatic rings. The van der Waals surface area contributed by atoms with Crippen molar-refractivity contribution in [2.75, 3.05) is 11.9 Å². The summed E-state index contributed by atoms with van der Waals surface area (Å²) in [4.78, 5) is 37.6. The monoisotopic (exact) mass is 379 g/mol. The van der Waals surface area contributed by atoms with Crippen LogP contribution in [0.4, 0.5) is 11.4 Å². The molecule has 1 aromatic carbocycles. The first-order valence-electron chi connectivity index (χ1n) is 7.35. The van der Waals surface area contributed by atoms with Crippen molar-refractivity contribution in [3.05, 3.63) is 57.9 Å². The summed E-state index contributed by atoms with van der Waals surface area (Å²) in [6.07, 6.45) is 0.385. The van der Waals surface area contributed by atoms with E-state index >= 15 is 0 Å². The number of amides is 1. The van der Waals surface area contributed by atoms with Gasteiger partial charge in [-0.15, -0.1) is 0 Å². The SMILES string of the molecule is C[C@H](OC(=O)COc1ccc([N+](=O)[O-])cc1)C(=O)Nc1cccnc1Cl. The molecule has 26 heavy (non-hydrogen) atoms. The van der Waals surface area contributed by atoms with Gasteiger partial charge in [-0.25, -0.2) is 9.78 Å². The molecule has 0 saturated heterocycles. The number of benzene rings is 1. The van der Waals surface area contributed by atoms with E-state index in [0.717, 1.165) is 0 Å². The average molecular weight is 380 g/mol. The first-order valence-corrected chi connectivity index (χ1v) is 7.72. The maximum atomic E-state index is 12.0. The molecular formula is C16H14ClN3O6. The van der Waals surface area contributed by atoms with E-state index in [2.05, 4.69) is 10.3 Å². The zero-order chi connectivity index (χ0) is 19.1. The number of carbonyl (C=O) groups is 2. The second kappa shape index (κ2) is 8.77. The molecule has 0 saturated carbocycles. The largest absolute Gasteiger partial charge is 0.482 e. The molecule has 0 aliphatic rings. The van der Waals surface area contributed by atoms with Gasteiger partial charge in [0.15, 0.2) is 17.9 Å². The van der Waals surface area contributed by atoms with Gasteiger partial charge >= 0.3 is 5.97 Å². The molecule has 9 nitrogen and oxygen atoms in total. The Balaban J connectivity index is 1.82. The molecule has 0 aliphatic heterocycles. The van der Waals surface area contributed by atoms with E-state index < -0.39 is 29.5 Å². The van der Waals surface area contributed by atoms with E-state index in [0.29, 0.717) is 5.69 Å². The summed E-state index contributed by atoms with van der Waals surface area (Å²) in [6.45, 7) is 0.937. The van der Waals surface area contributed by atoms with Gasteiger partial charge in [-0.2, -0.15) is 0 Å². The maximum absolute atomic E-state index is 12.0. The van der Waals surface area contributed by atoms with Crippen molar-refractivity contribution in [1.29, 1.82) is 0 Å². The first kappa shape index (κ1) is 19.1. The number of nitro benzene ring substituents is 1. The Bertz CT molecular complexity index is 812. The Kier molecular flexibility index (Phi) is 6.45. The number of hydrogen-bond donors (Lipinski definition) is 1. The predicted molar refractivity (Wildman–Crippen MR) is 92.0 cm³/mol. The highest BCUT2D eigenvalue weighted by atomic mass is 35.5. The Hall–Kier alpha value is -3.20. The van der Waals surface area contributed by atoms with Crippen LogP contribution >= 0.6 is 11.6 Å². The Morgan fingerprint density at radius 3 is 2.62 bits per heavy atom. The number of nitrogens with zero attached hydrogens (tertiary/aromatic N) is 2. The molecule has 0 bridgehead atoms. The molecular weight excluding hydrogens is 366 g/mol. The van der Waals surface area contributed by atoms with Gasteiger partial charge in [-0.05, 0) is 31.2 Å². The fourth-order valence-corrected chi connectivity index (χ4v) is 1.97. The van der Waals surface area contributed by atoms with E-state index in [-0.39, 0.29) is 16.6 Å².